The Balaban J connectivity index is 1.73. The maximum atomic E-state index is 13.6. The molecule has 4 amide bonds. The van der Waals surface area contributed by atoms with Gasteiger partial charge in [-0.1, -0.05) is 48.5 Å². The molecule has 0 aliphatic carbocycles. The van der Waals surface area contributed by atoms with Crippen molar-refractivity contribution in [2.75, 3.05) is 6.54 Å². The fourth-order valence-electron chi connectivity index (χ4n) is 5.11. The third-order valence-corrected chi connectivity index (χ3v) is 6.63. The summed E-state index contributed by atoms with van der Waals surface area (Å²) in [4.78, 5) is 51.9. The van der Waals surface area contributed by atoms with E-state index >= 15 is 0 Å². The van der Waals surface area contributed by atoms with Crippen LogP contribution in [0.5, 0.6) is 5.75 Å². The predicted molar refractivity (Wildman–Crippen MR) is 120 cm³/mol. The highest BCUT2D eigenvalue weighted by atomic mass is 16.4. The molecule has 2 aromatic carbocycles. The van der Waals surface area contributed by atoms with Crippen molar-refractivity contribution in [2.45, 2.75) is 31.0 Å². The van der Waals surface area contributed by atoms with Crippen molar-refractivity contribution in [2.24, 2.45) is 17.6 Å². The highest BCUT2D eigenvalue weighted by Gasteiger charge is 2.68. The number of carbonyl (C=O) groups is 4. The molecule has 0 bridgehead atoms. The first-order chi connectivity index (χ1) is 16.3. The molecule has 2 aromatic rings. The van der Waals surface area contributed by atoms with Crippen molar-refractivity contribution in [3.8, 4) is 5.75 Å². The number of nitrogens with one attached hydrogen (secondary N) is 2. The zero-order valence-corrected chi connectivity index (χ0v) is 18.3. The van der Waals surface area contributed by atoms with Gasteiger partial charge in [-0.25, -0.2) is 4.79 Å². The average molecular weight is 466 g/mol. The summed E-state index contributed by atoms with van der Waals surface area (Å²) in [6.07, 6.45) is 0.172. The van der Waals surface area contributed by atoms with Gasteiger partial charge < -0.3 is 21.3 Å². The number of phenols is 1. The van der Waals surface area contributed by atoms with E-state index in [1.54, 1.807) is 42.5 Å². The number of carboxylic acid groups (broad SMARTS) is 1. The molecule has 2 aliphatic rings. The number of rotatable bonds is 8. The van der Waals surface area contributed by atoms with Gasteiger partial charge in [-0.05, 0) is 24.5 Å². The molecule has 2 saturated heterocycles. The first-order valence-corrected chi connectivity index (χ1v) is 11.0. The Labute approximate surface area is 195 Å². The molecule has 2 fully saturated rings. The molecule has 4 unspecified atom stereocenters. The molecule has 4 rings (SSSR count). The summed E-state index contributed by atoms with van der Waals surface area (Å²) in [5, 5.41) is 26.2. The summed E-state index contributed by atoms with van der Waals surface area (Å²) in [6, 6.07) is 13.7. The minimum Gasteiger partial charge on any atom is -0.508 e. The molecule has 178 valence electrons. The van der Waals surface area contributed by atoms with Gasteiger partial charge in [-0.15, -0.1) is 0 Å². The van der Waals surface area contributed by atoms with Crippen LogP contribution in [0.4, 0.5) is 4.79 Å². The van der Waals surface area contributed by atoms with Crippen LogP contribution in [0.25, 0.3) is 0 Å². The van der Waals surface area contributed by atoms with Crippen molar-refractivity contribution in [3.05, 3.63) is 65.7 Å². The van der Waals surface area contributed by atoms with Gasteiger partial charge in [0, 0.05) is 18.2 Å². The second kappa shape index (κ2) is 9.14. The summed E-state index contributed by atoms with van der Waals surface area (Å²) in [5.74, 6) is -4.63. The van der Waals surface area contributed by atoms with Gasteiger partial charge in [0.25, 0.3) is 0 Å². The van der Waals surface area contributed by atoms with E-state index in [1.807, 2.05) is 6.07 Å². The minimum absolute atomic E-state index is 0.0257. The van der Waals surface area contributed by atoms with E-state index in [0.717, 1.165) is 10.5 Å². The Bertz CT molecular complexity index is 1120. The van der Waals surface area contributed by atoms with E-state index in [2.05, 4.69) is 10.6 Å². The van der Waals surface area contributed by atoms with E-state index in [9.17, 15) is 29.4 Å². The number of para-hydroxylation sites is 1. The molecule has 10 nitrogen and oxygen atoms in total. The van der Waals surface area contributed by atoms with Gasteiger partial charge in [0.1, 0.15) is 11.3 Å². The first-order valence-electron chi connectivity index (χ1n) is 11.0. The van der Waals surface area contributed by atoms with E-state index < -0.39 is 47.2 Å². The highest BCUT2D eigenvalue weighted by Crippen LogP contribution is 2.51. The third-order valence-electron chi connectivity index (χ3n) is 6.63. The van der Waals surface area contributed by atoms with Crippen molar-refractivity contribution in [1.82, 2.24) is 15.5 Å². The Morgan fingerprint density at radius 2 is 1.74 bits per heavy atom. The van der Waals surface area contributed by atoms with Crippen molar-refractivity contribution in [3.63, 3.8) is 0 Å². The largest absolute Gasteiger partial charge is 0.508 e. The van der Waals surface area contributed by atoms with Gasteiger partial charge in [-0.2, -0.15) is 0 Å². The lowest BCUT2D eigenvalue weighted by Crippen LogP contribution is -2.56. The lowest BCUT2D eigenvalue weighted by Gasteiger charge is -2.31. The number of likely N-dealkylation sites (tertiary alicyclic amines) is 1. The van der Waals surface area contributed by atoms with Crippen LogP contribution in [0.1, 0.15) is 30.0 Å². The third kappa shape index (κ3) is 3.96. The fourth-order valence-corrected chi connectivity index (χ4v) is 5.11. The molecule has 0 aromatic heterocycles. The summed E-state index contributed by atoms with van der Waals surface area (Å²) < 4.78 is 0. The van der Waals surface area contributed by atoms with Crippen LogP contribution in [-0.4, -0.2) is 51.0 Å². The van der Waals surface area contributed by atoms with Gasteiger partial charge >= 0.3 is 12.0 Å². The van der Waals surface area contributed by atoms with E-state index in [0.29, 0.717) is 5.56 Å². The summed E-state index contributed by atoms with van der Waals surface area (Å²) in [6.45, 7) is 0.137. The van der Waals surface area contributed by atoms with Crippen LogP contribution >= 0.6 is 0 Å². The molecule has 34 heavy (non-hydrogen) atoms. The Kier molecular flexibility index (Phi) is 6.25. The van der Waals surface area contributed by atoms with E-state index in [4.69, 9.17) is 5.73 Å². The van der Waals surface area contributed by atoms with Crippen molar-refractivity contribution < 1.29 is 29.4 Å². The molecular weight excluding hydrogens is 440 g/mol. The van der Waals surface area contributed by atoms with Gasteiger partial charge in [0.15, 0.2) is 0 Å². The second-order valence-electron chi connectivity index (χ2n) is 8.60. The van der Waals surface area contributed by atoms with E-state index in [-0.39, 0.29) is 31.7 Å². The van der Waals surface area contributed by atoms with Crippen LogP contribution in [0.3, 0.4) is 0 Å². The van der Waals surface area contributed by atoms with E-state index in [1.165, 1.54) is 6.07 Å². The summed E-state index contributed by atoms with van der Waals surface area (Å²) in [5.41, 5.74) is 4.41. The zero-order valence-electron chi connectivity index (χ0n) is 18.3. The number of nitrogens with two attached hydrogens (primary N) is 1. The number of carbonyl (C=O) groups excluding carboxylic acids is 3. The maximum absolute atomic E-state index is 13.6. The predicted octanol–water partition coefficient (Wildman–Crippen LogP) is 1.11. The number of aliphatic carboxylic acids is 1. The van der Waals surface area contributed by atoms with Crippen LogP contribution < -0.4 is 16.4 Å². The van der Waals surface area contributed by atoms with Crippen LogP contribution in [-0.2, 0) is 20.9 Å². The molecular formula is C24H26N4O6. The van der Waals surface area contributed by atoms with Gasteiger partial charge in [0.05, 0.1) is 18.4 Å². The molecule has 2 heterocycles. The standard InChI is InChI=1S/C24H26N4O6/c25-23(34)26-12-6-11-24(22(32)33)18-17(19(27-24)15-9-4-5-10-16(15)29)20(30)28(21(18)31)13-14-7-2-1-3-8-14/h1-5,7-10,17-19,27,29H,6,11-13H2,(H,32,33)(H3,25,26,34). The number of hydrogen-bond donors (Lipinski definition) is 5. The normalized spacial score (nSPS) is 25.9. The Hall–Kier alpha value is -3.92. The number of aromatic hydroxyl groups is 1. The van der Waals surface area contributed by atoms with Crippen LogP contribution in [0.15, 0.2) is 54.6 Å². The molecule has 0 saturated carbocycles. The maximum Gasteiger partial charge on any atom is 0.324 e. The number of fused-ring (bicyclic) bond motifs is 1. The topological polar surface area (TPSA) is 162 Å². The second-order valence-corrected chi connectivity index (χ2v) is 8.60. The number of benzene rings is 2. The number of nitrogens with zero attached hydrogens (tertiary/aromatic N) is 1. The number of imide groups is 1. The minimum atomic E-state index is -1.77. The Morgan fingerprint density at radius 3 is 2.38 bits per heavy atom. The van der Waals surface area contributed by atoms with Gasteiger partial charge in [0.2, 0.25) is 11.8 Å². The monoisotopic (exact) mass is 466 g/mol. The number of hydrogen-bond acceptors (Lipinski definition) is 6. The quantitative estimate of drug-likeness (QED) is 0.287. The molecule has 2 aliphatic heterocycles. The van der Waals surface area contributed by atoms with Crippen molar-refractivity contribution in [1.29, 1.82) is 0 Å². The number of urea groups is 1. The van der Waals surface area contributed by atoms with Gasteiger partial charge in [-0.3, -0.25) is 24.6 Å². The SMILES string of the molecule is NC(=O)NCCCC1(C(=O)O)NC(c2ccccc2O)C2C(=O)N(Cc3ccccc3)C(=O)C21. The summed E-state index contributed by atoms with van der Waals surface area (Å²) in [7, 11) is 0. The fraction of sp³-hybridized carbons (Fsp3) is 0.333. The average Bonchev–Trinajstić information content (AvgIpc) is 3.28. The molecule has 4 atom stereocenters. The number of carboxylic acids is 1. The number of primary amides is 1. The smallest absolute Gasteiger partial charge is 0.324 e. The first kappa shape index (κ1) is 23.2. The van der Waals surface area contributed by atoms with Crippen LogP contribution in [0.2, 0.25) is 0 Å². The highest BCUT2D eigenvalue weighted by molar-refractivity contribution is 6.09. The van der Waals surface area contributed by atoms with Crippen molar-refractivity contribution >= 4 is 23.8 Å². The molecule has 0 radical (unpaired) electrons. The van der Waals surface area contributed by atoms with Crippen LogP contribution in [0, 0.1) is 11.8 Å². The lowest BCUT2D eigenvalue weighted by molar-refractivity contribution is -0.152. The Morgan fingerprint density at radius 1 is 1.06 bits per heavy atom. The molecule has 10 heteroatoms. The lowest BCUT2D eigenvalue weighted by atomic mass is 9.77. The molecule has 6 N–H and O–H groups in total. The number of phenolic OH excluding ortho intramolecular Hbond substituents is 1. The molecule has 0 spiro atoms. The number of amides is 4. The summed E-state index contributed by atoms with van der Waals surface area (Å²) >= 11 is 0. The zero-order chi connectivity index (χ0) is 24.5.